The largest absolute Gasteiger partial charge is 0.507 e. The van der Waals surface area contributed by atoms with Crippen molar-refractivity contribution in [2.75, 3.05) is 0 Å². The minimum Gasteiger partial charge on any atom is -0.507 e. The summed E-state index contributed by atoms with van der Waals surface area (Å²) >= 11 is 0. The number of nitrogens with one attached hydrogen (secondary N) is 1. The van der Waals surface area contributed by atoms with Crippen molar-refractivity contribution in [1.29, 1.82) is 5.26 Å². The number of fused-ring (bicyclic) bond motifs is 1. The molecule has 33 heavy (non-hydrogen) atoms. The Morgan fingerprint density at radius 2 is 1.94 bits per heavy atom. The Morgan fingerprint density at radius 3 is 2.70 bits per heavy atom. The smallest absolute Gasteiger partial charge is 0.292 e. The third-order valence-electron chi connectivity index (χ3n) is 5.22. The average Bonchev–Trinajstić information content (AvgIpc) is 2.81. The fourth-order valence-electron chi connectivity index (χ4n) is 3.52. The lowest BCUT2D eigenvalue weighted by Crippen LogP contribution is -2.31. The van der Waals surface area contributed by atoms with Crippen LogP contribution in [0.15, 0.2) is 70.6 Å². The number of aryl methyl sites for hydroxylation is 1. The van der Waals surface area contributed by atoms with Gasteiger partial charge in [-0.1, -0.05) is 42.5 Å². The molecule has 0 unspecified atom stereocenters. The number of hydrogen-bond donors (Lipinski definition) is 2. The first-order valence-electron chi connectivity index (χ1n) is 10.1. The van der Waals surface area contributed by atoms with Crippen LogP contribution in [0.4, 0.5) is 0 Å². The van der Waals surface area contributed by atoms with Gasteiger partial charge in [0.15, 0.2) is 5.69 Å². The summed E-state index contributed by atoms with van der Waals surface area (Å²) in [6.45, 7) is 3.35. The Bertz CT molecular complexity index is 1530. The Hall–Kier alpha value is -4.77. The van der Waals surface area contributed by atoms with Crippen LogP contribution in [0.2, 0.25) is 0 Å². The van der Waals surface area contributed by atoms with Crippen molar-refractivity contribution in [2.45, 2.75) is 13.8 Å². The number of phenols is 1. The number of amides is 1. The second-order valence-electron chi connectivity index (χ2n) is 7.43. The number of benzene rings is 3. The predicted molar refractivity (Wildman–Crippen MR) is 125 cm³/mol. The number of hydrazone groups is 1. The summed E-state index contributed by atoms with van der Waals surface area (Å²) in [5, 5.41) is 29.6. The molecule has 0 spiro atoms. The normalized spacial score (nSPS) is 10.9. The van der Waals surface area contributed by atoms with Crippen LogP contribution in [0.25, 0.3) is 16.5 Å². The van der Waals surface area contributed by atoms with Gasteiger partial charge in [-0.15, -0.1) is 0 Å². The molecule has 0 bridgehead atoms. The first-order chi connectivity index (χ1) is 15.9. The number of nitriles is 1. The van der Waals surface area contributed by atoms with Crippen LogP contribution < -0.4 is 11.0 Å². The Balaban J connectivity index is 1.71. The van der Waals surface area contributed by atoms with Gasteiger partial charge in [-0.25, -0.2) is 5.43 Å². The van der Waals surface area contributed by atoms with Crippen molar-refractivity contribution < 1.29 is 9.90 Å². The van der Waals surface area contributed by atoms with E-state index in [4.69, 9.17) is 0 Å². The summed E-state index contributed by atoms with van der Waals surface area (Å²) in [5.41, 5.74) is 3.42. The molecule has 0 saturated carbocycles. The highest BCUT2D eigenvalue weighted by molar-refractivity contribution is 6.03. The third kappa shape index (κ3) is 4.07. The highest BCUT2D eigenvalue weighted by Gasteiger charge is 2.20. The quantitative estimate of drug-likeness (QED) is 0.375. The van der Waals surface area contributed by atoms with E-state index in [1.165, 1.54) is 13.1 Å². The SMILES string of the molecule is Cc1cccc(-n2nc(C(=O)N/N=C/c3c(O)ccc4ccccc34)c(C)c(C#N)c2=O)c1. The standard InChI is InChI=1S/C25H19N5O3/c1-15-6-5-8-18(12-15)30-25(33)20(13-26)16(2)23(29-30)24(32)28-27-14-21-19-9-4-3-7-17(19)10-11-22(21)31/h3-12,14,31H,1-2H3,(H,28,32)/b27-14+. The molecule has 0 fully saturated rings. The van der Waals surface area contributed by atoms with E-state index < -0.39 is 11.5 Å². The second kappa shape index (κ2) is 8.77. The molecule has 1 amide bonds. The van der Waals surface area contributed by atoms with E-state index in [1.54, 1.807) is 30.3 Å². The number of rotatable bonds is 4. The molecule has 8 nitrogen and oxygen atoms in total. The zero-order valence-electron chi connectivity index (χ0n) is 17.9. The molecule has 0 radical (unpaired) electrons. The zero-order chi connectivity index (χ0) is 23.5. The molecular formula is C25H19N5O3. The second-order valence-corrected chi connectivity index (χ2v) is 7.43. The molecule has 0 aliphatic rings. The van der Waals surface area contributed by atoms with Crippen molar-refractivity contribution in [2.24, 2.45) is 5.10 Å². The maximum absolute atomic E-state index is 12.9. The summed E-state index contributed by atoms with van der Waals surface area (Å²) in [6, 6.07) is 19.7. The van der Waals surface area contributed by atoms with Crippen LogP contribution in [0.1, 0.15) is 32.7 Å². The van der Waals surface area contributed by atoms with Gasteiger partial charge in [0.05, 0.1) is 11.9 Å². The van der Waals surface area contributed by atoms with Crippen molar-refractivity contribution in [3.63, 3.8) is 0 Å². The van der Waals surface area contributed by atoms with Crippen LogP contribution in [0.3, 0.4) is 0 Å². The molecule has 1 aromatic heterocycles. The lowest BCUT2D eigenvalue weighted by molar-refractivity contribution is 0.0947. The van der Waals surface area contributed by atoms with E-state index in [0.29, 0.717) is 11.3 Å². The number of carbonyl (C=O) groups is 1. The lowest BCUT2D eigenvalue weighted by Gasteiger charge is -2.11. The summed E-state index contributed by atoms with van der Waals surface area (Å²) in [6.07, 6.45) is 1.34. The summed E-state index contributed by atoms with van der Waals surface area (Å²) in [5.74, 6) is -0.679. The number of phenolic OH excluding ortho intramolecular Hbond substituents is 1. The minimum absolute atomic E-state index is 0.0146. The van der Waals surface area contributed by atoms with Crippen LogP contribution in [0.5, 0.6) is 5.75 Å². The van der Waals surface area contributed by atoms with Crippen LogP contribution in [-0.4, -0.2) is 27.0 Å². The highest BCUT2D eigenvalue weighted by Crippen LogP contribution is 2.25. The molecule has 8 heteroatoms. The molecule has 4 rings (SSSR count). The molecule has 0 aliphatic carbocycles. The summed E-state index contributed by atoms with van der Waals surface area (Å²) < 4.78 is 1.04. The number of nitrogens with zero attached hydrogens (tertiary/aromatic N) is 4. The van der Waals surface area contributed by atoms with Crippen molar-refractivity contribution in [1.82, 2.24) is 15.2 Å². The molecule has 1 heterocycles. The van der Waals surface area contributed by atoms with Gasteiger partial charge in [0.25, 0.3) is 11.5 Å². The van der Waals surface area contributed by atoms with E-state index in [2.05, 4.69) is 15.6 Å². The first kappa shape index (κ1) is 21.5. The average molecular weight is 437 g/mol. The molecular weight excluding hydrogens is 418 g/mol. The number of hydrogen-bond acceptors (Lipinski definition) is 6. The van der Waals surface area contributed by atoms with E-state index in [-0.39, 0.29) is 22.6 Å². The Morgan fingerprint density at radius 1 is 1.15 bits per heavy atom. The van der Waals surface area contributed by atoms with Gasteiger partial charge < -0.3 is 5.11 Å². The van der Waals surface area contributed by atoms with Crippen molar-refractivity contribution >= 4 is 22.9 Å². The Kier molecular flexibility index (Phi) is 5.70. The van der Waals surface area contributed by atoms with E-state index in [9.17, 15) is 20.0 Å². The maximum Gasteiger partial charge on any atom is 0.292 e. The van der Waals surface area contributed by atoms with Gasteiger partial charge in [0.2, 0.25) is 0 Å². The number of carbonyl (C=O) groups excluding carboxylic acids is 1. The molecule has 0 saturated heterocycles. The fourth-order valence-corrected chi connectivity index (χ4v) is 3.52. The monoisotopic (exact) mass is 437 g/mol. The third-order valence-corrected chi connectivity index (χ3v) is 5.22. The van der Waals surface area contributed by atoms with Crippen LogP contribution in [0, 0.1) is 25.2 Å². The van der Waals surface area contributed by atoms with Gasteiger partial charge >= 0.3 is 0 Å². The van der Waals surface area contributed by atoms with Gasteiger partial charge in [0, 0.05) is 11.1 Å². The molecule has 3 aromatic carbocycles. The van der Waals surface area contributed by atoms with E-state index >= 15 is 0 Å². The van der Waals surface area contributed by atoms with Gasteiger partial charge in [-0.2, -0.15) is 20.1 Å². The maximum atomic E-state index is 12.9. The van der Waals surface area contributed by atoms with E-state index in [0.717, 1.165) is 21.0 Å². The fraction of sp³-hybridized carbons (Fsp3) is 0.0800. The highest BCUT2D eigenvalue weighted by atomic mass is 16.3. The predicted octanol–water partition coefficient (Wildman–Crippen LogP) is 3.34. The minimum atomic E-state index is -0.693. The van der Waals surface area contributed by atoms with Crippen molar-refractivity contribution in [3.8, 4) is 17.5 Å². The topological polar surface area (TPSA) is 120 Å². The molecule has 4 aromatic rings. The number of aromatic hydroxyl groups is 1. The van der Waals surface area contributed by atoms with Crippen molar-refractivity contribution in [3.05, 3.63) is 99.0 Å². The van der Waals surface area contributed by atoms with Gasteiger partial charge in [-0.05, 0) is 48.4 Å². The molecule has 0 aliphatic heterocycles. The molecule has 162 valence electrons. The molecule has 0 atom stereocenters. The van der Waals surface area contributed by atoms with Crippen LogP contribution in [-0.2, 0) is 0 Å². The van der Waals surface area contributed by atoms with Crippen LogP contribution >= 0.6 is 0 Å². The number of aromatic nitrogens is 2. The summed E-state index contributed by atoms with van der Waals surface area (Å²) in [7, 11) is 0. The summed E-state index contributed by atoms with van der Waals surface area (Å²) in [4.78, 5) is 25.6. The first-order valence-corrected chi connectivity index (χ1v) is 10.1. The zero-order valence-corrected chi connectivity index (χ0v) is 17.9. The van der Waals surface area contributed by atoms with E-state index in [1.807, 2.05) is 43.3 Å². The lowest BCUT2D eigenvalue weighted by atomic mass is 10.0. The van der Waals surface area contributed by atoms with Gasteiger partial charge in [-0.3, -0.25) is 9.59 Å². The van der Waals surface area contributed by atoms with Gasteiger partial charge in [0.1, 0.15) is 17.4 Å². The molecule has 2 N–H and O–H groups in total. The Labute approximate surface area is 189 Å².